The van der Waals surface area contributed by atoms with Gasteiger partial charge in [0.25, 0.3) is 0 Å². The molecule has 1 fully saturated rings. The molecule has 1 aromatic heterocycles. The molecule has 4 nitrogen and oxygen atoms in total. The second kappa shape index (κ2) is 5.97. The average molecular weight is 306 g/mol. The molecule has 1 heterocycles. The van der Waals surface area contributed by atoms with Gasteiger partial charge in [0, 0.05) is 13.1 Å². The highest BCUT2D eigenvalue weighted by Crippen LogP contribution is 2.33. The number of rotatable bonds is 3. The normalized spacial score (nSPS) is 16.1. The van der Waals surface area contributed by atoms with Crippen LogP contribution in [0.3, 0.4) is 0 Å². The molecule has 0 aliphatic heterocycles. The van der Waals surface area contributed by atoms with Gasteiger partial charge in [0.15, 0.2) is 4.77 Å². The summed E-state index contributed by atoms with van der Waals surface area (Å²) in [5, 5.41) is 7.17. The zero-order chi connectivity index (χ0) is 14.8. The number of hydrogen-bond donors (Lipinski definition) is 1. The van der Waals surface area contributed by atoms with E-state index in [-0.39, 0.29) is 5.82 Å². The van der Waals surface area contributed by atoms with Crippen LogP contribution in [0.4, 0.5) is 16.0 Å². The summed E-state index contributed by atoms with van der Waals surface area (Å²) in [6.45, 7) is 0. The molecule has 0 spiro atoms. The van der Waals surface area contributed by atoms with Gasteiger partial charge in [-0.2, -0.15) is 0 Å². The summed E-state index contributed by atoms with van der Waals surface area (Å²) in [5.74, 6) is 0.418. The SMILES string of the molecule is CN(c1ccccc1F)c1n[nH]c(=S)n1C1CCCCC1. The number of halogens is 1. The fourth-order valence-corrected chi connectivity index (χ4v) is 3.31. The molecule has 1 saturated carbocycles. The first-order chi connectivity index (χ1) is 10.2. The predicted molar refractivity (Wildman–Crippen MR) is 84.0 cm³/mol. The molecule has 1 aromatic carbocycles. The van der Waals surface area contributed by atoms with Crippen molar-refractivity contribution in [1.82, 2.24) is 14.8 Å². The number of aromatic nitrogens is 3. The van der Waals surface area contributed by atoms with E-state index in [1.165, 1.54) is 25.3 Å². The maximum atomic E-state index is 14.0. The Balaban J connectivity index is 1.99. The standard InChI is InChI=1S/C15H19FN4S/c1-19(13-10-6-5-9-12(13)16)14-17-18-15(21)20(14)11-7-3-2-4-8-11/h5-6,9-11H,2-4,7-8H2,1H3,(H,18,21). The Hall–Kier alpha value is -1.69. The van der Waals surface area contributed by atoms with Crippen molar-refractivity contribution in [3.8, 4) is 0 Å². The van der Waals surface area contributed by atoms with Gasteiger partial charge < -0.3 is 4.90 Å². The van der Waals surface area contributed by atoms with Crippen LogP contribution in [-0.2, 0) is 0 Å². The lowest BCUT2D eigenvalue weighted by Gasteiger charge is -2.27. The van der Waals surface area contributed by atoms with Gasteiger partial charge in [-0.15, -0.1) is 5.10 Å². The summed E-state index contributed by atoms with van der Waals surface area (Å²) < 4.78 is 16.6. The van der Waals surface area contributed by atoms with Crippen LogP contribution in [0.25, 0.3) is 0 Å². The number of hydrogen-bond acceptors (Lipinski definition) is 3. The summed E-state index contributed by atoms with van der Waals surface area (Å²) in [6.07, 6.45) is 5.90. The van der Waals surface area contributed by atoms with Gasteiger partial charge in [-0.25, -0.2) is 9.49 Å². The van der Waals surface area contributed by atoms with E-state index in [0.717, 1.165) is 12.8 Å². The van der Waals surface area contributed by atoms with Crippen molar-refractivity contribution in [1.29, 1.82) is 0 Å². The molecule has 0 bridgehead atoms. The smallest absolute Gasteiger partial charge is 0.230 e. The van der Waals surface area contributed by atoms with E-state index in [1.54, 1.807) is 17.0 Å². The second-order valence-corrected chi connectivity index (χ2v) is 5.89. The highest BCUT2D eigenvalue weighted by atomic mass is 32.1. The molecule has 0 unspecified atom stereocenters. The number of para-hydroxylation sites is 1. The summed E-state index contributed by atoms with van der Waals surface area (Å²) in [7, 11) is 1.82. The largest absolute Gasteiger partial charge is 0.311 e. The van der Waals surface area contributed by atoms with Crippen molar-refractivity contribution in [2.75, 3.05) is 11.9 Å². The molecule has 6 heteroatoms. The molecule has 0 saturated heterocycles. The molecule has 1 N–H and O–H groups in total. The van der Waals surface area contributed by atoms with Crippen LogP contribution in [0.1, 0.15) is 38.1 Å². The molecular formula is C15H19FN4S. The number of aromatic amines is 1. The predicted octanol–water partition coefficient (Wildman–Crippen LogP) is 4.35. The summed E-state index contributed by atoms with van der Waals surface area (Å²) in [6, 6.07) is 7.07. The molecule has 1 aliphatic rings. The minimum absolute atomic E-state index is 0.260. The number of anilines is 2. The fraction of sp³-hybridized carbons (Fsp3) is 0.467. The number of nitrogens with one attached hydrogen (secondary N) is 1. The molecule has 21 heavy (non-hydrogen) atoms. The lowest BCUT2D eigenvalue weighted by Crippen LogP contribution is -2.21. The molecule has 0 amide bonds. The van der Waals surface area contributed by atoms with Crippen LogP contribution in [-0.4, -0.2) is 21.8 Å². The van der Waals surface area contributed by atoms with E-state index < -0.39 is 0 Å². The minimum Gasteiger partial charge on any atom is -0.311 e. The van der Waals surface area contributed by atoms with E-state index >= 15 is 0 Å². The molecule has 1 aliphatic carbocycles. The van der Waals surface area contributed by atoms with E-state index in [2.05, 4.69) is 10.2 Å². The van der Waals surface area contributed by atoms with Gasteiger partial charge >= 0.3 is 0 Å². The Bertz CT molecular complexity index is 672. The number of benzene rings is 1. The third-order valence-corrected chi connectivity index (χ3v) is 4.43. The number of nitrogens with zero attached hydrogens (tertiary/aromatic N) is 3. The molecule has 3 rings (SSSR count). The Morgan fingerprint density at radius 2 is 2.00 bits per heavy atom. The Morgan fingerprint density at radius 3 is 2.71 bits per heavy atom. The van der Waals surface area contributed by atoms with Crippen LogP contribution >= 0.6 is 12.2 Å². The first-order valence-electron chi connectivity index (χ1n) is 7.33. The molecule has 0 radical (unpaired) electrons. The maximum Gasteiger partial charge on any atom is 0.230 e. The Kier molecular flexibility index (Phi) is 4.05. The van der Waals surface area contributed by atoms with Gasteiger partial charge in [0.2, 0.25) is 5.95 Å². The van der Waals surface area contributed by atoms with Gasteiger partial charge in [0.05, 0.1) is 5.69 Å². The summed E-state index contributed by atoms with van der Waals surface area (Å²) >= 11 is 5.38. The first kappa shape index (κ1) is 14.3. The molecule has 2 aromatic rings. The first-order valence-corrected chi connectivity index (χ1v) is 7.74. The van der Waals surface area contributed by atoms with Gasteiger partial charge in [-0.05, 0) is 37.2 Å². The van der Waals surface area contributed by atoms with Crippen LogP contribution in [0, 0.1) is 10.6 Å². The minimum atomic E-state index is -0.260. The zero-order valence-corrected chi connectivity index (χ0v) is 12.9. The number of H-pyrrole nitrogens is 1. The average Bonchev–Trinajstić information content (AvgIpc) is 2.90. The fourth-order valence-electron chi connectivity index (χ4n) is 3.03. The van der Waals surface area contributed by atoms with Crippen LogP contribution in [0.5, 0.6) is 0 Å². The van der Waals surface area contributed by atoms with E-state index in [1.807, 2.05) is 17.7 Å². The lowest BCUT2D eigenvalue weighted by atomic mass is 9.95. The summed E-state index contributed by atoms with van der Waals surface area (Å²) in [4.78, 5) is 1.76. The maximum absolute atomic E-state index is 14.0. The van der Waals surface area contributed by atoms with Gasteiger partial charge in [-0.3, -0.25) is 4.57 Å². The van der Waals surface area contributed by atoms with E-state index in [9.17, 15) is 4.39 Å². The second-order valence-electron chi connectivity index (χ2n) is 5.50. The van der Waals surface area contributed by atoms with Crippen molar-refractivity contribution in [2.45, 2.75) is 38.1 Å². The molecular weight excluding hydrogens is 287 g/mol. The topological polar surface area (TPSA) is 36.9 Å². The van der Waals surface area contributed by atoms with Crippen molar-refractivity contribution >= 4 is 23.9 Å². The van der Waals surface area contributed by atoms with Crippen molar-refractivity contribution in [2.24, 2.45) is 0 Å². The lowest BCUT2D eigenvalue weighted by molar-refractivity contribution is 0.351. The van der Waals surface area contributed by atoms with Gasteiger partial charge in [0.1, 0.15) is 5.82 Å². The third-order valence-electron chi connectivity index (χ3n) is 4.14. The van der Waals surface area contributed by atoms with Gasteiger partial charge in [-0.1, -0.05) is 31.4 Å². The third kappa shape index (κ3) is 2.72. The zero-order valence-electron chi connectivity index (χ0n) is 12.1. The van der Waals surface area contributed by atoms with Crippen LogP contribution in [0.15, 0.2) is 24.3 Å². The Labute approximate surface area is 128 Å². The van der Waals surface area contributed by atoms with Crippen molar-refractivity contribution < 1.29 is 4.39 Å². The highest BCUT2D eigenvalue weighted by Gasteiger charge is 2.23. The van der Waals surface area contributed by atoms with Crippen LogP contribution in [0.2, 0.25) is 0 Å². The van der Waals surface area contributed by atoms with Crippen LogP contribution < -0.4 is 4.90 Å². The molecule has 0 atom stereocenters. The quantitative estimate of drug-likeness (QED) is 0.856. The highest BCUT2D eigenvalue weighted by molar-refractivity contribution is 7.71. The summed E-state index contributed by atoms with van der Waals surface area (Å²) in [5.41, 5.74) is 0.503. The van der Waals surface area contributed by atoms with E-state index in [0.29, 0.717) is 22.4 Å². The van der Waals surface area contributed by atoms with E-state index in [4.69, 9.17) is 12.2 Å². The molecule has 112 valence electrons. The van der Waals surface area contributed by atoms with Crippen molar-refractivity contribution in [3.05, 3.63) is 34.9 Å². The Morgan fingerprint density at radius 1 is 1.29 bits per heavy atom. The van der Waals surface area contributed by atoms with Crippen molar-refractivity contribution in [3.63, 3.8) is 0 Å². The monoisotopic (exact) mass is 306 g/mol.